The zero-order valence-corrected chi connectivity index (χ0v) is 35.1. The molecule has 4 heteroatoms. The van der Waals surface area contributed by atoms with Crippen LogP contribution in [0.2, 0.25) is 0 Å². The van der Waals surface area contributed by atoms with Gasteiger partial charge in [0.15, 0.2) is 17.5 Å². The number of hydrogen-bond acceptors (Lipinski definition) is 4. The van der Waals surface area contributed by atoms with E-state index < -0.39 is 0 Å². The zero-order valence-electron chi connectivity index (χ0n) is 35.1. The van der Waals surface area contributed by atoms with E-state index >= 15 is 0 Å². The van der Waals surface area contributed by atoms with E-state index in [9.17, 15) is 0 Å². The number of furan rings is 1. The molecule has 4 nitrogen and oxygen atoms in total. The first kappa shape index (κ1) is 36.9. The van der Waals surface area contributed by atoms with Crippen LogP contribution >= 0.6 is 0 Å². The minimum atomic E-state index is 0.628. The largest absolute Gasteiger partial charge is 0.455 e. The quantitative estimate of drug-likeness (QED) is 0.157. The molecule has 0 unspecified atom stereocenters. The summed E-state index contributed by atoms with van der Waals surface area (Å²) >= 11 is 0. The lowest BCUT2D eigenvalue weighted by Crippen LogP contribution is -2.00. The van der Waals surface area contributed by atoms with Crippen molar-refractivity contribution in [2.45, 2.75) is 0 Å². The van der Waals surface area contributed by atoms with Crippen molar-refractivity contribution in [3.8, 4) is 67.5 Å². The molecule has 0 amide bonds. The molecule has 0 aliphatic carbocycles. The van der Waals surface area contributed by atoms with E-state index in [1.54, 1.807) is 0 Å². The monoisotopic (exact) mass is 827 g/mol. The van der Waals surface area contributed by atoms with Gasteiger partial charge in [-0.15, -0.1) is 0 Å². The molecule has 0 bridgehead atoms. The summed E-state index contributed by atoms with van der Waals surface area (Å²) in [6.45, 7) is 0. The molecule has 0 spiro atoms. The van der Waals surface area contributed by atoms with Crippen LogP contribution in [0.25, 0.3) is 133 Å². The van der Waals surface area contributed by atoms with E-state index in [0.717, 1.165) is 82.8 Å². The van der Waals surface area contributed by atoms with Crippen molar-refractivity contribution >= 4 is 65.0 Å². The Balaban J connectivity index is 0.954. The summed E-state index contributed by atoms with van der Waals surface area (Å²) in [4.78, 5) is 15.0. The fourth-order valence-electron chi connectivity index (χ4n) is 9.84. The average Bonchev–Trinajstić information content (AvgIpc) is 3.78. The second-order valence-corrected chi connectivity index (χ2v) is 16.7. The van der Waals surface area contributed by atoms with Crippen molar-refractivity contribution in [2.75, 3.05) is 0 Å². The Morgan fingerprint density at radius 3 is 1.32 bits per heavy atom. The first-order chi connectivity index (χ1) is 32.2. The van der Waals surface area contributed by atoms with E-state index in [0.29, 0.717) is 17.5 Å². The molecule has 0 fully saturated rings. The number of rotatable bonds is 6. The van der Waals surface area contributed by atoms with Crippen LogP contribution in [0.4, 0.5) is 0 Å². The fraction of sp³-hybridized carbons (Fsp3) is 0. The van der Waals surface area contributed by atoms with E-state index in [-0.39, 0.29) is 0 Å². The molecule has 2 aromatic heterocycles. The second-order valence-electron chi connectivity index (χ2n) is 16.7. The topological polar surface area (TPSA) is 51.8 Å². The number of aromatic nitrogens is 3. The Morgan fingerprint density at radius 1 is 0.246 bits per heavy atom. The van der Waals surface area contributed by atoms with Gasteiger partial charge in [0.1, 0.15) is 11.2 Å². The smallest absolute Gasteiger partial charge is 0.164 e. The van der Waals surface area contributed by atoms with Crippen molar-refractivity contribution in [2.24, 2.45) is 0 Å². The van der Waals surface area contributed by atoms with Crippen molar-refractivity contribution in [1.29, 1.82) is 0 Å². The van der Waals surface area contributed by atoms with Crippen LogP contribution in [0.3, 0.4) is 0 Å². The highest BCUT2D eigenvalue weighted by atomic mass is 16.3. The van der Waals surface area contributed by atoms with E-state index in [2.05, 4.69) is 164 Å². The van der Waals surface area contributed by atoms with Crippen molar-refractivity contribution in [3.63, 3.8) is 0 Å². The van der Waals surface area contributed by atoms with Gasteiger partial charge in [0, 0.05) is 32.8 Å². The Bertz CT molecular complexity index is 3910. The standard InChI is InChI=1S/C61H37N3O/c1-3-16-38(17-4-1)59-62-60(39-18-5-2-6-19-39)64-61(63-59)44-23-14-21-41(35-44)40-20-13-22-42(34-40)53-37-55-57-45(30-15-31-56(57)65-58(55)52-29-12-11-28-50(52)53)43-32-33-51-48-26-8-7-24-46(48)47-25-9-10-27-49(47)54(51)36-43/h1-37H. The lowest BCUT2D eigenvalue weighted by atomic mass is 9.90. The summed E-state index contributed by atoms with van der Waals surface area (Å²) in [7, 11) is 0. The highest BCUT2D eigenvalue weighted by Gasteiger charge is 2.20. The first-order valence-electron chi connectivity index (χ1n) is 22.0. The van der Waals surface area contributed by atoms with Crippen LogP contribution < -0.4 is 0 Å². The summed E-state index contributed by atoms with van der Waals surface area (Å²) in [5.74, 6) is 1.91. The second kappa shape index (κ2) is 15.0. The van der Waals surface area contributed by atoms with Gasteiger partial charge in [-0.05, 0) is 101 Å². The molecule has 11 aromatic carbocycles. The molecule has 2 heterocycles. The van der Waals surface area contributed by atoms with Gasteiger partial charge in [0.05, 0.1) is 0 Å². The molecule has 0 radical (unpaired) electrons. The van der Waals surface area contributed by atoms with Gasteiger partial charge in [-0.1, -0.05) is 194 Å². The predicted octanol–water partition coefficient (Wildman–Crippen LogP) is 16.4. The van der Waals surface area contributed by atoms with Crippen LogP contribution in [0.5, 0.6) is 0 Å². The van der Waals surface area contributed by atoms with Gasteiger partial charge in [0.2, 0.25) is 0 Å². The van der Waals surface area contributed by atoms with Crippen molar-refractivity contribution in [3.05, 3.63) is 224 Å². The predicted molar refractivity (Wildman–Crippen MR) is 270 cm³/mol. The molecule has 13 rings (SSSR count). The highest BCUT2D eigenvalue weighted by Crippen LogP contribution is 2.45. The lowest BCUT2D eigenvalue weighted by Gasteiger charge is -2.13. The number of hydrogen-bond donors (Lipinski definition) is 0. The van der Waals surface area contributed by atoms with E-state index in [1.165, 1.54) is 32.3 Å². The molecular formula is C61H37N3O. The number of fused-ring (bicyclic) bond motifs is 11. The third-order valence-corrected chi connectivity index (χ3v) is 12.9. The van der Waals surface area contributed by atoms with Crippen LogP contribution in [0.15, 0.2) is 229 Å². The van der Waals surface area contributed by atoms with Crippen molar-refractivity contribution < 1.29 is 4.42 Å². The molecule has 0 saturated carbocycles. The van der Waals surface area contributed by atoms with Gasteiger partial charge in [-0.2, -0.15) is 0 Å². The van der Waals surface area contributed by atoms with Crippen LogP contribution in [0.1, 0.15) is 0 Å². The molecule has 0 aliphatic heterocycles. The molecule has 65 heavy (non-hydrogen) atoms. The Kier molecular flexibility index (Phi) is 8.50. The average molecular weight is 828 g/mol. The molecular weight excluding hydrogens is 791 g/mol. The van der Waals surface area contributed by atoms with Gasteiger partial charge in [0.25, 0.3) is 0 Å². The third-order valence-electron chi connectivity index (χ3n) is 12.9. The number of nitrogens with zero attached hydrogens (tertiary/aromatic N) is 3. The normalized spacial score (nSPS) is 11.7. The molecule has 0 aliphatic rings. The molecule has 0 saturated heterocycles. The first-order valence-corrected chi connectivity index (χ1v) is 22.0. The summed E-state index contributed by atoms with van der Waals surface area (Å²) in [6, 6.07) is 79.4. The Morgan fingerprint density at radius 2 is 0.692 bits per heavy atom. The molecule has 13 aromatic rings. The Labute approximate surface area is 374 Å². The Hall–Kier alpha value is -8.73. The van der Waals surface area contributed by atoms with Crippen LogP contribution in [-0.4, -0.2) is 15.0 Å². The van der Waals surface area contributed by atoms with Gasteiger partial charge in [-0.3, -0.25) is 0 Å². The SMILES string of the molecule is c1ccc(-c2nc(-c3ccccc3)nc(-c3cccc(-c4cccc(-c5cc6c(oc7cccc(-c8ccc9c%10ccccc%10c%10ccccc%10c9c8)c76)c6ccccc56)c4)c3)n2)cc1. The molecule has 0 atom stereocenters. The van der Waals surface area contributed by atoms with E-state index in [1.807, 2.05) is 60.7 Å². The van der Waals surface area contributed by atoms with Gasteiger partial charge < -0.3 is 4.42 Å². The molecule has 0 N–H and O–H groups in total. The fourth-order valence-corrected chi connectivity index (χ4v) is 9.84. The van der Waals surface area contributed by atoms with Gasteiger partial charge >= 0.3 is 0 Å². The summed E-state index contributed by atoms with van der Waals surface area (Å²) in [5, 5.41) is 12.0. The summed E-state index contributed by atoms with van der Waals surface area (Å²) in [5.41, 5.74) is 11.3. The van der Waals surface area contributed by atoms with E-state index in [4.69, 9.17) is 19.4 Å². The summed E-state index contributed by atoms with van der Waals surface area (Å²) < 4.78 is 6.84. The van der Waals surface area contributed by atoms with Crippen LogP contribution in [0, 0.1) is 0 Å². The minimum Gasteiger partial charge on any atom is -0.455 e. The maximum Gasteiger partial charge on any atom is 0.164 e. The third kappa shape index (κ3) is 6.18. The maximum absolute atomic E-state index is 6.84. The molecule has 302 valence electrons. The number of benzene rings is 11. The van der Waals surface area contributed by atoms with Gasteiger partial charge in [-0.25, -0.2) is 15.0 Å². The van der Waals surface area contributed by atoms with Crippen LogP contribution in [-0.2, 0) is 0 Å². The summed E-state index contributed by atoms with van der Waals surface area (Å²) in [6.07, 6.45) is 0. The maximum atomic E-state index is 6.84. The highest BCUT2D eigenvalue weighted by molar-refractivity contribution is 6.27. The van der Waals surface area contributed by atoms with Crippen molar-refractivity contribution in [1.82, 2.24) is 15.0 Å². The zero-order chi connectivity index (χ0) is 42.8. The lowest BCUT2D eigenvalue weighted by molar-refractivity contribution is 0.673. The minimum absolute atomic E-state index is 0.628.